The summed E-state index contributed by atoms with van der Waals surface area (Å²) < 4.78 is 9.14. The molecule has 5 nitrogen and oxygen atoms in total. The topological polar surface area (TPSA) is 69.7 Å². The van der Waals surface area contributed by atoms with Gasteiger partial charge in [-0.2, -0.15) is 0 Å². The van der Waals surface area contributed by atoms with E-state index in [1.807, 2.05) is 0 Å². The van der Waals surface area contributed by atoms with Gasteiger partial charge in [-0.25, -0.2) is 9.59 Å². The fraction of sp³-hybridized carbons (Fsp3) is 0.667. The molecule has 0 aliphatic carbocycles. The van der Waals surface area contributed by atoms with Crippen LogP contribution in [0.2, 0.25) is 0 Å². The lowest BCUT2D eigenvalue weighted by atomic mass is 10.3. The van der Waals surface area contributed by atoms with Crippen LogP contribution in [0, 0.1) is 0 Å². The lowest BCUT2D eigenvalue weighted by Gasteiger charge is -2.10. The van der Waals surface area contributed by atoms with Gasteiger partial charge >= 0.3 is 11.9 Å². The molecule has 80 valence electrons. The van der Waals surface area contributed by atoms with E-state index in [4.69, 9.17) is 0 Å². The number of hydrogen-bond acceptors (Lipinski definition) is 5. The van der Waals surface area contributed by atoms with E-state index in [-0.39, 0.29) is 13.0 Å². The molecular formula is C9H14O5. The molecule has 0 fully saturated rings. The maximum atomic E-state index is 11.0. The molecule has 0 aromatic heterocycles. The van der Waals surface area contributed by atoms with Gasteiger partial charge in [-0.15, -0.1) is 0 Å². The first-order valence-corrected chi connectivity index (χ1v) is 4.43. The Morgan fingerprint density at radius 3 is 2.21 bits per heavy atom. The number of ketones is 1. The predicted molar refractivity (Wildman–Crippen MR) is 47.5 cm³/mol. The van der Waals surface area contributed by atoms with E-state index in [1.165, 1.54) is 6.92 Å². The van der Waals surface area contributed by atoms with Crippen molar-refractivity contribution in [3.63, 3.8) is 0 Å². The van der Waals surface area contributed by atoms with E-state index in [1.54, 1.807) is 13.8 Å². The van der Waals surface area contributed by atoms with Crippen LogP contribution in [0.3, 0.4) is 0 Å². The van der Waals surface area contributed by atoms with Crippen LogP contribution in [0.15, 0.2) is 0 Å². The molecule has 0 heterocycles. The minimum atomic E-state index is -1.03. The van der Waals surface area contributed by atoms with Crippen LogP contribution in [0.4, 0.5) is 0 Å². The molecule has 0 spiro atoms. The Balaban J connectivity index is 4.05. The van der Waals surface area contributed by atoms with Gasteiger partial charge in [0.05, 0.1) is 6.61 Å². The lowest BCUT2D eigenvalue weighted by molar-refractivity contribution is -0.168. The van der Waals surface area contributed by atoms with Gasteiger partial charge in [-0.1, -0.05) is 6.92 Å². The van der Waals surface area contributed by atoms with Gasteiger partial charge < -0.3 is 9.47 Å². The molecule has 0 saturated carbocycles. The Hall–Kier alpha value is -1.39. The van der Waals surface area contributed by atoms with E-state index >= 15 is 0 Å². The highest BCUT2D eigenvalue weighted by Gasteiger charge is 2.22. The fourth-order valence-corrected chi connectivity index (χ4v) is 0.678. The number of carbonyl (C=O) groups is 3. The molecular weight excluding hydrogens is 188 g/mol. The number of Topliss-reactive ketones (excluding diaryl/α,β-unsaturated/α-hetero) is 1. The third-order valence-electron chi connectivity index (χ3n) is 1.45. The van der Waals surface area contributed by atoms with Crippen molar-refractivity contribution in [1.82, 2.24) is 0 Å². The number of carbonyl (C=O) groups excluding carboxylic acids is 3. The molecule has 0 saturated heterocycles. The summed E-state index contributed by atoms with van der Waals surface area (Å²) in [6.45, 7) is 4.75. The number of rotatable bonds is 5. The van der Waals surface area contributed by atoms with Crippen LogP contribution in [0.25, 0.3) is 0 Å². The molecule has 0 bridgehead atoms. The first-order valence-electron chi connectivity index (χ1n) is 4.43. The van der Waals surface area contributed by atoms with Crippen molar-refractivity contribution in [2.24, 2.45) is 0 Å². The lowest BCUT2D eigenvalue weighted by Crippen LogP contribution is -2.29. The van der Waals surface area contributed by atoms with E-state index in [0.717, 1.165) is 0 Å². The molecule has 0 rings (SSSR count). The maximum absolute atomic E-state index is 11.0. The summed E-state index contributed by atoms with van der Waals surface area (Å²) in [6.07, 6.45) is -0.966. The van der Waals surface area contributed by atoms with Crippen LogP contribution < -0.4 is 0 Å². The van der Waals surface area contributed by atoms with Gasteiger partial charge in [-0.3, -0.25) is 4.79 Å². The van der Waals surface area contributed by atoms with E-state index < -0.39 is 23.8 Å². The van der Waals surface area contributed by atoms with Gasteiger partial charge in [0, 0.05) is 6.42 Å². The van der Waals surface area contributed by atoms with Crippen molar-refractivity contribution in [3.8, 4) is 0 Å². The SMILES string of the molecule is CCOC(=O)C(C)OC(=O)C(=O)CC. The van der Waals surface area contributed by atoms with Crippen molar-refractivity contribution in [2.75, 3.05) is 6.61 Å². The maximum Gasteiger partial charge on any atom is 0.375 e. The number of ether oxygens (including phenoxy) is 2. The monoisotopic (exact) mass is 202 g/mol. The zero-order chi connectivity index (χ0) is 11.1. The summed E-state index contributed by atoms with van der Waals surface area (Å²) >= 11 is 0. The highest BCUT2D eigenvalue weighted by Crippen LogP contribution is 1.97. The van der Waals surface area contributed by atoms with Crippen LogP contribution >= 0.6 is 0 Å². The zero-order valence-corrected chi connectivity index (χ0v) is 8.53. The van der Waals surface area contributed by atoms with Gasteiger partial charge in [0.2, 0.25) is 5.78 Å². The van der Waals surface area contributed by atoms with Crippen LogP contribution in [0.5, 0.6) is 0 Å². The largest absolute Gasteiger partial charge is 0.463 e. The van der Waals surface area contributed by atoms with E-state index in [0.29, 0.717) is 0 Å². The van der Waals surface area contributed by atoms with Gasteiger partial charge in [0.25, 0.3) is 0 Å². The molecule has 0 amide bonds. The minimum Gasteiger partial charge on any atom is -0.463 e. The molecule has 5 heteroatoms. The van der Waals surface area contributed by atoms with Crippen molar-refractivity contribution >= 4 is 17.7 Å². The highest BCUT2D eigenvalue weighted by molar-refractivity contribution is 6.33. The number of hydrogen-bond donors (Lipinski definition) is 0. The summed E-state index contributed by atoms with van der Waals surface area (Å²) in [5, 5.41) is 0. The Labute approximate surface area is 82.4 Å². The second-order valence-electron chi connectivity index (χ2n) is 2.58. The summed E-state index contributed by atoms with van der Waals surface area (Å²) in [5.74, 6) is -2.29. The van der Waals surface area contributed by atoms with Crippen molar-refractivity contribution in [3.05, 3.63) is 0 Å². The smallest absolute Gasteiger partial charge is 0.375 e. The zero-order valence-electron chi connectivity index (χ0n) is 8.53. The van der Waals surface area contributed by atoms with Gasteiger partial charge in [0.15, 0.2) is 6.10 Å². The van der Waals surface area contributed by atoms with Crippen LogP contribution in [-0.2, 0) is 23.9 Å². The Morgan fingerprint density at radius 2 is 1.79 bits per heavy atom. The quantitative estimate of drug-likeness (QED) is 0.478. The molecule has 0 N–H and O–H groups in total. The second kappa shape index (κ2) is 6.12. The van der Waals surface area contributed by atoms with Gasteiger partial charge in [-0.05, 0) is 13.8 Å². The molecule has 1 atom stereocenters. The fourth-order valence-electron chi connectivity index (χ4n) is 0.678. The average molecular weight is 202 g/mol. The Morgan fingerprint density at radius 1 is 1.21 bits per heavy atom. The standard InChI is InChI=1S/C9H14O5/c1-4-7(10)9(12)14-6(3)8(11)13-5-2/h6H,4-5H2,1-3H3. The molecule has 14 heavy (non-hydrogen) atoms. The van der Waals surface area contributed by atoms with Crippen LogP contribution in [0.1, 0.15) is 27.2 Å². The summed E-state index contributed by atoms with van der Waals surface area (Å²) in [7, 11) is 0. The molecule has 0 aliphatic heterocycles. The molecule has 0 aromatic carbocycles. The first kappa shape index (κ1) is 12.6. The summed E-state index contributed by atoms with van der Waals surface area (Å²) in [4.78, 5) is 32.7. The predicted octanol–water partition coefficient (Wildman–Crippen LogP) is 0.460. The highest BCUT2D eigenvalue weighted by atomic mass is 16.6. The van der Waals surface area contributed by atoms with Crippen molar-refractivity contribution in [1.29, 1.82) is 0 Å². The van der Waals surface area contributed by atoms with E-state index in [2.05, 4.69) is 9.47 Å². The van der Waals surface area contributed by atoms with Crippen molar-refractivity contribution in [2.45, 2.75) is 33.3 Å². The Kier molecular flexibility index (Phi) is 5.52. The Bertz CT molecular complexity index is 233. The molecule has 0 radical (unpaired) electrons. The first-order chi connectivity index (χ1) is 6.52. The number of esters is 2. The van der Waals surface area contributed by atoms with Crippen LogP contribution in [-0.4, -0.2) is 30.4 Å². The third kappa shape index (κ3) is 4.02. The summed E-state index contributed by atoms with van der Waals surface area (Å²) in [5.41, 5.74) is 0. The third-order valence-corrected chi connectivity index (χ3v) is 1.45. The molecule has 1 unspecified atom stereocenters. The normalized spacial score (nSPS) is 11.6. The molecule has 0 aliphatic rings. The summed E-state index contributed by atoms with van der Waals surface area (Å²) in [6, 6.07) is 0. The van der Waals surface area contributed by atoms with Gasteiger partial charge in [0.1, 0.15) is 0 Å². The second-order valence-corrected chi connectivity index (χ2v) is 2.58. The molecule has 0 aromatic rings. The minimum absolute atomic E-state index is 0.0639. The average Bonchev–Trinajstić information content (AvgIpc) is 2.16. The van der Waals surface area contributed by atoms with E-state index in [9.17, 15) is 14.4 Å². The van der Waals surface area contributed by atoms with Crippen molar-refractivity contribution < 1.29 is 23.9 Å².